The first kappa shape index (κ1) is 59.8. The fraction of sp³-hybridized carbons (Fsp3) is 0.188. The number of benzene rings is 8. The summed E-state index contributed by atoms with van der Waals surface area (Å²) in [6.07, 6.45) is 7.59. The molecule has 10 aromatic rings. The van der Waals surface area contributed by atoms with Crippen LogP contribution in [0.15, 0.2) is 207 Å². The summed E-state index contributed by atoms with van der Waals surface area (Å²) < 4.78 is 33.7. The summed E-state index contributed by atoms with van der Waals surface area (Å²) in [4.78, 5) is 35.9. The number of ether oxygens (including phenoxy) is 5. The monoisotopic (exact) mass is 1190 g/mol. The van der Waals surface area contributed by atoms with Gasteiger partial charge in [-0.05, 0) is 164 Å². The van der Waals surface area contributed by atoms with Crippen molar-refractivity contribution in [3.05, 3.63) is 235 Å². The number of para-hydroxylation sites is 1. The van der Waals surface area contributed by atoms with E-state index >= 15 is 0 Å². The van der Waals surface area contributed by atoms with Crippen molar-refractivity contribution < 1.29 is 38.4 Å². The first-order chi connectivity index (χ1) is 43.6. The van der Waals surface area contributed by atoms with Crippen LogP contribution >= 0.6 is 0 Å². The van der Waals surface area contributed by atoms with E-state index in [0.29, 0.717) is 97.9 Å². The van der Waals surface area contributed by atoms with Gasteiger partial charge in [-0.15, -0.1) is 0 Å². The zero-order valence-electron chi connectivity index (χ0n) is 49.5. The van der Waals surface area contributed by atoms with E-state index < -0.39 is 12.2 Å². The number of hydrogen-bond acceptors (Lipinski definition) is 18. The van der Waals surface area contributed by atoms with Gasteiger partial charge in [0.1, 0.15) is 57.1 Å². The fourth-order valence-electron chi connectivity index (χ4n) is 9.97. The van der Waals surface area contributed by atoms with Gasteiger partial charge < -0.3 is 60.3 Å². The average Bonchev–Trinajstić information content (AvgIpc) is 1.50. The van der Waals surface area contributed by atoms with E-state index in [2.05, 4.69) is 82.0 Å². The smallest absolute Gasteiger partial charge is 0.338 e. The van der Waals surface area contributed by atoms with Crippen molar-refractivity contribution in [2.24, 2.45) is 0 Å². The van der Waals surface area contributed by atoms with Gasteiger partial charge in [-0.1, -0.05) is 66.7 Å². The van der Waals surface area contributed by atoms with Gasteiger partial charge in [0, 0.05) is 41.3 Å². The van der Waals surface area contributed by atoms with E-state index in [1.165, 1.54) is 12.7 Å². The summed E-state index contributed by atoms with van der Waals surface area (Å²) in [7, 11) is 4.02. The van der Waals surface area contributed by atoms with Crippen LogP contribution in [-0.2, 0) is 29.0 Å². The number of hydrogen-bond donors (Lipinski definition) is 6. The highest BCUT2D eigenvalue weighted by molar-refractivity contribution is 5.95. The molecule has 11 rings (SSSR count). The Kier molecular flexibility index (Phi) is 19.4. The number of nitrogens with one attached hydrogen (secondary N) is 5. The minimum absolute atomic E-state index is 0.130. The molecule has 6 N–H and O–H groups in total. The molecule has 1 atom stereocenters. The molecule has 3 heterocycles. The molecule has 0 amide bonds. The molecule has 1 aliphatic heterocycles. The second-order valence-corrected chi connectivity index (χ2v) is 21.0. The van der Waals surface area contributed by atoms with E-state index in [1.54, 1.807) is 65.3 Å². The summed E-state index contributed by atoms with van der Waals surface area (Å²) in [5.41, 5.74) is 13.3. The van der Waals surface area contributed by atoms with Crippen molar-refractivity contribution in [1.29, 1.82) is 0 Å². The minimum Gasteiger partial charge on any atom is -0.489 e. The lowest BCUT2D eigenvalue weighted by atomic mass is 9.92. The van der Waals surface area contributed by atoms with E-state index in [1.807, 2.05) is 129 Å². The number of nitrogens with zero attached hydrogens (tertiary/aromatic N) is 7. The number of aromatic nitrogens is 6. The molecule has 0 saturated heterocycles. The first-order valence-electron chi connectivity index (χ1n) is 29.2. The van der Waals surface area contributed by atoms with Gasteiger partial charge in [-0.2, -0.15) is 10.2 Å². The lowest BCUT2D eigenvalue weighted by Crippen LogP contribution is -2.24. The van der Waals surface area contributed by atoms with Gasteiger partial charge in [0.15, 0.2) is 11.5 Å². The summed E-state index contributed by atoms with van der Waals surface area (Å²) in [5.74, 6) is 0.943. The quantitative estimate of drug-likeness (QED) is 0.0251. The van der Waals surface area contributed by atoms with E-state index in [-0.39, 0.29) is 12.6 Å². The van der Waals surface area contributed by atoms with Crippen molar-refractivity contribution in [3.63, 3.8) is 0 Å². The van der Waals surface area contributed by atoms with Crippen LogP contribution in [0.3, 0.4) is 0 Å². The number of anilines is 9. The molecule has 0 saturated carbocycles. The molecule has 8 aromatic carbocycles. The number of esters is 2. The third-order valence-corrected chi connectivity index (χ3v) is 14.4. The van der Waals surface area contributed by atoms with Crippen molar-refractivity contribution >= 4 is 68.7 Å². The highest BCUT2D eigenvalue weighted by Gasteiger charge is 2.25. The van der Waals surface area contributed by atoms with Crippen molar-refractivity contribution in [2.45, 2.75) is 32.7 Å². The van der Waals surface area contributed by atoms with Crippen LogP contribution in [0.5, 0.6) is 17.2 Å². The molecule has 452 valence electrons. The summed E-state index contributed by atoms with van der Waals surface area (Å²) in [5, 5.41) is 36.9. The van der Waals surface area contributed by atoms with Gasteiger partial charge in [0.2, 0.25) is 0 Å². The molecule has 0 spiro atoms. The Labute approximate surface area is 515 Å². The largest absolute Gasteiger partial charge is 0.489 e. The standard InChI is InChI=1S/C69H68N12O8/c1-4-85-68(83)49-20-24-53(25-21-49)74-59-29-19-47(39-63(59)86-37-33-80-45-70-43-72-80)31-35-89-69(84)50-22-26-54(27-23-50)75-60-17-10-18-61(66(60)87-38-34-81-46-71-44-73-81)76-55-15-8-13-51(40-55)52-14-9-16-56(41-52)77-62-30-28-57-58(48-11-6-5-7-12-48)42-64(82)78-65(57)67(62)88-36-32-79(2)3/h5-30,39-46,64,74-78,82H,4,31-38H2,1-3H3. The second-order valence-electron chi connectivity index (χ2n) is 21.0. The maximum atomic E-state index is 13.5. The van der Waals surface area contributed by atoms with Crippen LogP contribution in [0.25, 0.3) is 16.7 Å². The van der Waals surface area contributed by atoms with Crippen LogP contribution in [0.4, 0.5) is 51.2 Å². The Morgan fingerprint density at radius 2 is 1.10 bits per heavy atom. The topological polar surface area (TPSA) is 225 Å². The number of carbonyl (C=O) groups excluding carboxylic acids is 2. The molecular weight excluding hydrogens is 1120 g/mol. The molecule has 1 aliphatic rings. The van der Waals surface area contributed by atoms with Crippen LogP contribution in [0, 0.1) is 0 Å². The lowest BCUT2D eigenvalue weighted by Gasteiger charge is -2.28. The average molecular weight is 1190 g/mol. The summed E-state index contributed by atoms with van der Waals surface area (Å²) in [6.45, 7) is 4.89. The Bertz CT molecular complexity index is 4010. The zero-order valence-corrected chi connectivity index (χ0v) is 49.5. The summed E-state index contributed by atoms with van der Waals surface area (Å²) >= 11 is 0. The third kappa shape index (κ3) is 15.7. The van der Waals surface area contributed by atoms with Gasteiger partial charge in [-0.3, -0.25) is 0 Å². The van der Waals surface area contributed by atoms with Gasteiger partial charge >= 0.3 is 11.9 Å². The Morgan fingerprint density at radius 3 is 1.71 bits per heavy atom. The number of carbonyl (C=O) groups is 2. The zero-order chi connectivity index (χ0) is 61.3. The van der Waals surface area contributed by atoms with Crippen molar-refractivity contribution in [3.8, 4) is 28.4 Å². The van der Waals surface area contributed by atoms with E-state index in [9.17, 15) is 14.7 Å². The third-order valence-electron chi connectivity index (χ3n) is 14.4. The molecular formula is C69H68N12O8. The van der Waals surface area contributed by atoms with E-state index in [0.717, 1.165) is 67.5 Å². The van der Waals surface area contributed by atoms with Crippen LogP contribution < -0.4 is 40.8 Å². The highest BCUT2D eigenvalue weighted by Crippen LogP contribution is 2.45. The number of fused-ring (bicyclic) bond motifs is 1. The van der Waals surface area contributed by atoms with Gasteiger partial charge in [0.05, 0.1) is 65.9 Å². The number of likely N-dealkylation sites (N-methyl/N-ethyl adjacent to an activating group) is 1. The second kappa shape index (κ2) is 29.0. The number of aliphatic hydroxyl groups excluding tert-OH is 1. The van der Waals surface area contributed by atoms with Crippen molar-refractivity contribution in [1.82, 2.24) is 34.4 Å². The molecule has 0 bridgehead atoms. The molecule has 2 aromatic heterocycles. The Balaban J connectivity index is 0.759. The predicted octanol–water partition coefficient (Wildman–Crippen LogP) is 12.4. The highest BCUT2D eigenvalue weighted by atomic mass is 16.5. The predicted molar refractivity (Wildman–Crippen MR) is 345 cm³/mol. The molecule has 89 heavy (non-hydrogen) atoms. The van der Waals surface area contributed by atoms with Crippen molar-refractivity contribution in [2.75, 3.05) is 80.3 Å². The molecule has 1 unspecified atom stereocenters. The lowest BCUT2D eigenvalue weighted by molar-refractivity contribution is 0.0505. The maximum absolute atomic E-state index is 13.5. The maximum Gasteiger partial charge on any atom is 0.338 e. The van der Waals surface area contributed by atoms with Crippen LogP contribution in [0.1, 0.15) is 44.3 Å². The van der Waals surface area contributed by atoms with E-state index in [4.69, 9.17) is 23.7 Å². The normalized spacial score (nSPS) is 12.5. The van der Waals surface area contributed by atoms with Gasteiger partial charge in [-0.25, -0.2) is 28.9 Å². The molecule has 20 heteroatoms. The van der Waals surface area contributed by atoms with Crippen LogP contribution in [-0.4, -0.2) is 111 Å². The molecule has 0 radical (unpaired) electrons. The number of aliphatic hydroxyl groups is 1. The SMILES string of the molecule is CCOC(=O)c1ccc(Nc2ccc(CCOC(=O)c3ccc(Nc4cccc(Nc5cccc(-c6cccc(Nc7ccc8c(c7OCCN(C)C)NC(O)C=C8c7ccccc7)c6)c5)c4OCCn4cncn4)cc3)cc2OCCn2cncn2)cc1. The van der Waals surface area contributed by atoms with Gasteiger partial charge in [0.25, 0.3) is 0 Å². The van der Waals surface area contributed by atoms with Crippen LogP contribution in [0.2, 0.25) is 0 Å². The number of rotatable bonds is 28. The summed E-state index contributed by atoms with van der Waals surface area (Å²) in [6, 6.07) is 56.3. The fourth-order valence-corrected chi connectivity index (χ4v) is 9.97. The molecule has 0 aliphatic carbocycles. The first-order valence-corrected chi connectivity index (χ1v) is 29.2. The molecule has 0 fully saturated rings. The minimum atomic E-state index is -0.910. The Hall–Kier alpha value is -11.0. The molecule has 20 nitrogen and oxygen atoms in total. The Morgan fingerprint density at radius 1 is 0.551 bits per heavy atom.